The molecule has 0 radical (unpaired) electrons. The molecule has 0 atom stereocenters. The quantitative estimate of drug-likeness (QED) is 0.600. The van der Waals surface area contributed by atoms with E-state index in [0.29, 0.717) is 33.7 Å². The summed E-state index contributed by atoms with van der Waals surface area (Å²) in [6, 6.07) is 3.22. The second-order valence-electron chi connectivity index (χ2n) is 7.25. The number of Topliss-reactive ketones (excluding diaryl/α,β-unsaturated/α-hetero) is 1. The molecule has 0 spiro atoms. The molecule has 0 fully saturated rings. The lowest BCUT2D eigenvalue weighted by molar-refractivity contribution is 0.00683. The van der Waals surface area contributed by atoms with Gasteiger partial charge < -0.3 is 10.1 Å². The number of carbonyl (C=O) groups excluding carboxylic acids is 3. The number of ketones is 1. The molecule has 146 valence electrons. The van der Waals surface area contributed by atoms with E-state index in [-0.39, 0.29) is 22.4 Å². The van der Waals surface area contributed by atoms with Crippen molar-refractivity contribution in [1.29, 1.82) is 0 Å². The van der Waals surface area contributed by atoms with Crippen LogP contribution in [-0.2, 0) is 11.2 Å². The van der Waals surface area contributed by atoms with Crippen LogP contribution in [0.5, 0.6) is 0 Å². The third-order valence-electron chi connectivity index (χ3n) is 4.04. The number of benzene rings is 1. The topological polar surface area (TPSA) is 85.4 Å². The number of hydrogen-bond donors (Lipinski definition) is 1. The highest BCUT2D eigenvalue weighted by Crippen LogP contribution is 2.36. The van der Waals surface area contributed by atoms with Gasteiger partial charge in [0.2, 0.25) is 5.78 Å². The molecule has 1 aliphatic carbocycles. The van der Waals surface area contributed by atoms with Gasteiger partial charge in [-0.3, -0.25) is 9.59 Å². The molecule has 1 aromatic heterocycles. The van der Waals surface area contributed by atoms with Crippen LogP contribution in [-0.4, -0.2) is 35.3 Å². The molecule has 1 heterocycles. The Morgan fingerprint density at radius 2 is 1.96 bits per heavy atom. The summed E-state index contributed by atoms with van der Waals surface area (Å²) in [6.07, 6.45) is 2.16. The molecule has 3 rings (SSSR count). The molecule has 0 saturated carbocycles. The van der Waals surface area contributed by atoms with Gasteiger partial charge >= 0.3 is 5.97 Å². The van der Waals surface area contributed by atoms with E-state index in [1.54, 1.807) is 39.0 Å². The van der Waals surface area contributed by atoms with Crippen LogP contribution in [0.1, 0.15) is 62.5 Å². The van der Waals surface area contributed by atoms with Gasteiger partial charge in [-0.15, -0.1) is 11.3 Å². The number of allylic oxidation sites excluding steroid dienone is 2. The summed E-state index contributed by atoms with van der Waals surface area (Å²) < 4.78 is 5.47. The lowest BCUT2D eigenvalue weighted by Gasteiger charge is -2.20. The molecule has 6 nitrogen and oxygen atoms in total. The van der Waals surface area contributed by atoms with Crippen molar-refractivity contribution in [3.63, 3.8) is 0 Å². The van der Waals surface area contributed by atoms with Crippen molar-refractivity contribution in [3.8, 4) is 0 Å². The number of aromatic nitrogens is 1. The normalized spacial score (nSPS) is 13.0. The molecule has 0 aliphatic heterocycles. The Kier molecular flexibility index (Phi) is 5.41. The van der Waals surface area contributed by atoms with Crippen molar-refractivity contribution in [1.82, 2.24) is 10.3 Å². The fourth-order valence-corrected chi connectivity index (χ4v) is 3.84. The minimum Gasteiger partial charge on any atom is -0.456 e. The standard InChI is InChI=1S/C20H19ClN2O4S/c1-20(2,3)27-19(26)14-8-10(21)7-13-11(14)5-6-12(13)16(24)18-23-15(9-28-18)17(25)22-4/h6-9H,5H2,1-4H3,(H,22,25). The molecule has 1 amide bonds. The summed E-state index contributed by atoms with van der Waals surface area (Å²) in [4.78, 5) is 41.3. The van der Waals surface area contributed by atoms with Crippen LogP contribution in [0, 0.1) is 0 Å². The van der Waals surface area contributed by atoms with E-state index >= 15 is 0 Å². The van der Waals surface area contributed by atoms with Crippen molar-refractivity contribution < 1.29 is 19.1 Å². The third-order valence-corrected chi connectivity index (χ3v) is 5.10. The summed E-state index contributed by atoms with van der Waals surface area (Å²) in [5.41, 5.74) is 1.60. The van der Waals surface area contributed by atoms with Gasteiger partial charge in [0.25, 0.3) is 5.91 Å². The minimum atomic E-state index is -0.645. The Hall–Kier alpha value is -2.51. The predicted octanol–water partition coefficient (Wildman–Crippen LogP) is 3.93. The SMILES string of the molecule is CNC(=O)c1csc(C(=O)C2=CCc3c(C(=O)OC(C)(C)C)cc(Cl)cc32)n1. The van der Waals surface area contributed by atoms with Crippen molar-refractivity contribution in [2.75, 3.05) is 7.05 Å². The van der Waals surface area contributed by atoms with E-state index in [0.717, 1.165) is 11.3 Å². The van der Waals surface area contributed by atoms with Gasteiger partial charge in [0.05, 0.1) is 5.56 Å². The first kappa shape index (κ1) is 20.2. The molecule has 8 heteroatoms. The molecule has 28 heavy (non-hydrogen) atoms. The van der Waals surface area contributed by atoms with Crippen LogP contribution in [0.15, 0.2) is 23.6 Å². The van der Waals surface area contributed by atoms with Crippen molar-refractivity contribution in [2.24, 2.45) is 0 Å². The third kappa shape index (κ3) is 4.00. The Balaban J connectivity index is 1.95. The summed E-state index contributed by atoms with van der Waals surface area (Å²) in [5.74, 6) is -1.15. The van der Waals surface area contributed by atoms with Crippen molar-refractivity contribution in [2.45, 2.75) is 32.8 Å². The summed E-state index contributed by atoms with van der Waals surface area (Å²) in [7, 11) is 1.50. The van der Waals surface area contributed by atoms with Gasteiger partial charge in [0.15, 0.2) is 5.01 Å². The average Bonchev–Trinajstić information content (AvgIpc) is 3.25. The number of esters is 1. The van der Waals surface area contributed by atoms with Crippen LogP contribution in [0.25, 0.3) is 5.57 Å². The number of carbonyl (C=O) groups is 3. The van der Waals surface area contributed by atoms with Crippen LogP contribution in [0.4, 0.5) is 0 Å². The highest BCUT2D eigenvalue weighted by molar-refractivity contribution is 7.12. The number of thiazole rings is 1. The second-order valence-corrected chi connectivity index (χ2v) is 8.54. The molecule has 1 N–H and O–H groups in total. The first-order valence-corrected chi connectivity index (χ1v) is 9.85. The van der Waals surface area contributed by atoms with Crippen LogP contribution >= 0.6 is 22.9 Å². The first-order valence-electron chi connectivity index (χ1n) is 8.59. The Morgan fingerprint density at radius 1 is 1.25 bits per heavy atom. The first-order chi connectivity index (χ1) is 13.1. The van der Waals surface area contributed by atoms with E-state index in [2.05, 4.69) is 10.3 Å². The maximum Gasteiger partial charge on any atom is 0.339 e. The number of nitrogens with one attached hydrogen (secondary N) is 1. The zero-order chi connectivity index (χ0) is 20.6. The van der Waals surface area contributed by atoms with Crippen LogP contribution in [0.3, 0.4) is 0 Å². The summed E-state index contributed by atoms with van der Waals surface area (Å²) in [5, 5.41) is 4.55. The second kappa shape index (κ2) is 7.48. The lowest BCUT2D eigenvalue weighted by Crippen LogP contribution is -2.24. The van der Waals surface area contributed by atoms with E-state index in [1.165, 1.54) is 12.4 Å². The molecule has 0 saturated heterocycles. The number of hydrogen-bond acceptors (Lipinski definition) is 6. The maximum absolute atomic E-state index is 12.9. The van der Waals surface area contributed by atoms with Gasteiger partial charge in [-0.25, -0.2) is 9.78 Å². The lowest BCUT2D eigenvalue weighted by atomic mass is 9.98. The van der Waals surface area contributed by atoms with Crippen molar-refractivity contribution >= 4 is 46.2 Å². The molecule has 1 aliphatic rings. The average molecular weight is 419 g/mol. The van der Waals surface area contributed by atoms with Gasteiger partial charge in [0, 0.05) is 23.0 Å². The maximum atomic E-state index is 12.9. The van der Waals surface area contributed by atoms with E-state index in [9.17, 15) is 14.4 Å². The molecular weight excluding hydrogens is 400 g/mol. The molecule has 0 unspecified atom stereocenters. The zero-order valence-electron chi connectivity index (χ0n) is 15.9. The zero-order valence-corrected chi connectivity index (χ0v) is 17.5. The van der Waals surface area contributed by atoms with E-state index < -0.39 is 11.6 Å². The fourth-order valence-electron chi connectivity index (χ4n) is 2.87. The fraction of sp³-hybridized carbons (Fsp3) is 0.300. The summed E-state index contributed by atoms with van der Waals surface area (Å²) in [6.45, 7) is 5.36. The Morgan fingerprint density at radius 3 is 2.61 bits per heavy atom. The van der Waals surface area contributed by atoms with E-state index in [4.69, 9.17) is 16.3 Å². The molecule has 1 aromatic carbocycles. The number of nitrogens with zero attached hydrogens (tertiary/aromatic N) is 1. The predicted molar refractivity (Wildman–Crippen MR) is 108 cm³/mol. The number of fused-ring (bicyclic) bond motifs is 1. The van der Waals surface area contributed by atoms with E-state index in [1.807, 2.05) is 0 Å². The van der Waals surface area contributed by atoms with Gasteiger partial charge in [-0.1, -0.05) is 17.7 Å². The number of halogens is 1. The number of rotatable bonds is 4. The highest BCUT2D eigenvalue weighted by Gasteiger charge is 2.29. The highest BCUT2D eigenvalue weighted by atomic mass is 35.5. The van der Waals surface area contributed by atoms with Crippen LogP contribution < -0.4 is 5.32 Å². The molecular formula is C20H19ClN2O4S. The van der Waals surface area contributed by atoms with Crippen molar-refractivity contribution in [3.05, 3.63) is 56.0 Å². The monoisotopic (exact) mass is 418 g/mol. The summed E-state index contributed by atoms with van der Waals surface area (Å²) >= 11 is 7.31. The van der Waals surface area contributed by atoms with Gasteiger partial charge in [0.1, 0.15) is 11.3 Å². The Bertz CT molecular complexity index is 1020. The molecule has 2 aromatic rings. The molecule has 0 bridgehead atoms. The smallest absolute Gasteiger partial charge is 0.339 e. The Labute approximate surface area is 171 Å². The van der Waals surface area contributed by atoms with Gasteiger partial charge in [-0.2, -0.15) is 0 Å². The number of amides is 1. The number of ether oxygens (including phenoxy) is 1. The van der Waals surface area contributed by atoms with Crippen LogP contribution in [0.2, 0.25) is 5.02 Å². The largest absolute Gasteiger partial charge is 0.456 e. The van der Waals surface area contributed by atoms with Gasteiger partial charge in [-0.05, 0) is 50.5 Å². The minimum absolute atomic E-state index is 0.190.